The number of carboxylic acids is 1. The summed E-state index contributed by atoms with van der Waals surface area (Å²) in [6.45, 7) is 5.59. The zero-order valence-electron chi connectivity index (χ0n) is 21.5. The van der Waals surface area contributed by atoms with Crippen molar-refractivity contribution in [2.45, 2.75) is 70.7 Å². The smallest absolute Gasteiger partial charge is 0.303 e. The molecule has 4 atom stereocenters. The third-order valence-corrected chi connectivity index (χ3v) is 7.32. The van der Waals surface area contributed by atoms with Crippen LogP contribution >= 0.6 is 0 Å². The molecule has 2 aromatic carbocycles. The molecule has 2 aliphatic heterocycles. The number of piperidine rings is 1. The number of carbonyl (C=O) groups excluding carboxylic acids is 1. The van der Waals surface area contributed by atoms with Crippen molar-refractivity contribution >= 4 is 11.9 Å². The van der Waals surface area contributed by atoms with Crippen LogP contribution in [0.25, 0.3) is 0 Å². The van der Waals surface area contributed by atoms with E-state index >= 15 is 0 Å². The van der Waals surface area contributed by atoms with E-state index in [4.69, 9.17) is 14.6 Å². The van der Waals surface area contributed by atoms with Crippen molar-refractivity contribution < 1.29 is 29.3 Å². The van der Waals surface area contributed by atoms with E-state index in [2.05, 4.69) is 17.1 Å². The number of ether oxygens (including phenoxy) is 2. The Labute approximate surface area is 218 Å². The van der Waals surface area contributed by atoms with Crippen LogP contribution in [0.15, 0.2) is 48.5 Å². The fourth-order valence-corrected chi connectivity index (χ4v) is 5.03. The maximum absolute atomic E-state index is 11.8. The molecule has 0 saturated carbocycles. The minimum Gasteiger partial charge on any atom is -0.481 e. The summed E-state index contributed by atoms with van der Waals surface area (Å²) in [5, 5.41) is 20.9. The number of nitrogens with zero attached hydrogens (tertiary/aromatic N) is 1. The van der Waals surface area contributed by atoms with Crippen LogP contribution in [0.1, 0.15) is 73.7 Å². The number of hydrogen-bond acceptors (Lipinski definition) is 6. The summed E-state index contributed by atoms with van der Waals surface area (Å²) in [5.74, 6) is -1.11. The van der Waals surface area contributed by atoms with Gasteiger partial charge in [0.25, 0.3) is 0 Å². The molecule has 3 N–H and O–H groups in total. The number of hydrogen-bond donors (Lipinski definition) is 3. The molecule has 2 saturated heterocycles. The van der Waals surface area contributed by atoms with Crippen molar-refractivity contribution in [1.29, 1.82) is 0 Å². The average molecular weight is 511 g/mol. The number of benzene rings is 2. The van der Waals surface area contributed by atoms with Crippen molar-refractivity contribution in [2.75, 3.05) is 19.6 Å². The van der Waals surface area contributed by atoms with Gasteiger partial charge in [0.05, 0.1) is 25.2 Å². The largest absolute Gasteiger partial charge is 0.481 e. The standard InChI is InChI=1S/C29H38N2O6/c1-20-25(18-31-15-3-2-4-16-31)36-29(37-28(20)23-9-7-22(19-32)8-10-23)24-11-5-21(6-12-24)17-30-26(33)13-14-27(34)35/h5-12,20,25,28-29,32H,2-4,13-19H2,1H3,(H,30,33)(H,34,35)/t20-,25+,28+,29+/m1/s1. The summed E-state index contributed by atoms with van der Waals surface area (Å²) in [6, 6.07) is 15.7. The number of carbonyl (C=O) groups is 2. The van der Waals surface area contributed by atoms with E-state index in [0.29, 0.717) is 6.54 Å². The Bertz CT molecular complexity index is 1020. The molecule has 0 bridgehead atoms. The fourth-order valence-electron chi connectivity index (χ4n) is 5.03. The summed E-state index contributed by atoms with van der Waals surface area (Å²) < 4.78 is 13.1. The molecular formula is C29H38N2O6. The van der Waals surface area contributed by atoms with Gasteiger partial charge in [-0.2, -0.15) is 0 Å². The summed E-state index contributed by atoms with van der Waals surface area (Å²) >= 11 is 0. The molecule has 2 fully saturated rings. The first-order valence-corrected chi connectivity index (χ1v) is 13.2. The van der Waals surface area contributed by atoms with E-state index < -0.39 is 12.3 Å². The number of nitrogens with one attached hydrogen (secondary N) is 1. The number of aliphatic carboxylic acids is 1. The lowest BCUT2D eigenvalue weighted by atomic mass is 9.89. The predicted molar refractivity (Wildman–Crippen MR) is 138 cm³/mol. The second-order valence-electron chi connectivity index (χ2n) is 10.1. The summed E-state index contributed by atoms with van der Waals surface area (Å²) in [7, 11) is 0. The highest BCUT2D eigenvalue weighted by molar-refractivity contribution is 5.80. The second-order valence-corrected chi connectivity index (χ2v) is 10.1. The van der Waals surface area contributed by atoms with E-state index in [-0.39, 0.29) is 43.5 Å². The van der Waals surface area contributed by atoms with Crippen molar-refractivity contribution in [3.05, 3.63) is 70.8 Å². The summed E-state index contributed by atoms with van der Waals surface area (Å²) in [4.78, 5) is 25.0. The molecule has 0 spiro atoms. The maximum Gasteiger partial charge on any atom is 0.303 e. The normalized spacial score (nSPS) is 24.5. The van der Waals surface area contributed by atoms with Gasteiger partial charge in [-0.1, -0.05) is 61.9 Å². The zero-order chi connectivity index (χ0) is 26.2. The second kappa shape index (κ2) is 13.1. The van der Waals surface area contributed by atoms with E-state index in [0.717, 1.165) is 41.9 Å². The van der Waals surface area contributed by atoms with Gasteiger partial charge in [0.15, 0.2) is 6.29 Å². The lowest BCUT2D eigenvalue weighted by Gasteiger charge is -2.43. The molecule has 2 heterocycles. The van der Waals surface area contributed by atoms with Gasteiger partial charge < -0.3 is 29.9 Å². The van der Waals surface area contributed by atoms with Crippen LogP contribution in [-0.2, 0) is 32.2 Å². The third-order valence-electron chi connectivity index (χ3n) is 7.32. The minimum absolute atomic E-state index is 0.00701. The predicted octanol–water partition coefficient (Wildman–Crippen LogP) is 3.94. The first kappa shape index (κ1) is 27.3. The van der Waals surface area contributed by atoms with Crippen LogP contribution in [0.2, 0.25) is 0 Å². The van der Waals surface area contributed by atoms with E-state index in [9.17, 15) is 14.7 Å². The molecular weight excluding hydrogens is 472 g/mol. The van der Waals surface area contributed by atoms with Crippen LogP contribution in [0.5, 0.6) is 0 Å². The van der Waals surface area contributed by atoms with Crippen LogP contribution in [-0.4, -0.2) is 52.7 Å². The molecule has 0 radical (unpaired) electrons. The number of likely N-dealkylation sites (tertiary alicyclic amines) is 1. The topological polar surface area (TPSA) is 108 Å². The molecule has 2 aromatic rings. The van der Waals surface area contributed by atoms with Crippen molar-refractivity contribution in [1.82, 2.24) is 10.2 Å². The van der Waals surface area contributed by atoms with Crippen LogP contribution < -0.4 is 5.32 Å². The molecule has 0 aromatic heterocycles. The molecule has 4 rings (SSSR count). The van der Waals surface area contributed by atoms with Gasteiger partial charge in [-0.3, -0.25) is 9.59 Å². The SMILES string of the molecule is C[C@@H]1[C@H](CN2CCCCC2)O[C@H](c2ccc(CNC(=O)CCC(=O)O)cc2)O[C@@H]1c1ccc(CO)cc1. The lowest BCUT2D eigenvalue weighted by Crippen LogP contribution is -2.45. The number of aliphatic hydroxyl groups is 1. The molecule has 200 valence electrons. The molecule has 0 aliphatic carbocycles. The number of amides is 1. The first-order chi connectivity index (χ1) is 17.9. The van der Waals surface area contributed by atoms with Gasteiger partial charge in [-0.05, 0) is 42.6 Å². The monoisotopic (exact) mass is 510 g/mol. The van der Waals surface area contributed by atoms with Crippen LogP contribution in [0.4, 0.5) is 0 Å². The minimum atomic E-state index is -0.984. The highest BCUT2D eigenvalue weighted by Gasteiger charge is 2.39. The van der Waals surface area contributed by atoms with Crippen molar-refractivity contribution in [3.8, 4) is 0 Å². The quantitative estimate of drug-likeness (QED) is 0.444. The fraction of sp³-hybridized carbons (Fsp3) is 0.517. The first-order valence-electron chi connectivity index (χ1n) is 13.2. The molecule has 37 heavy (non-hydrogen) atoms. The third kappa shape index (κ3) is 7.61. The van der Waals surface area contributed by atoms with Gasteiger partial charge in [-0.25, -0.2) is 0 Å². The van der Waals surface area contributed by atoms with Crippen LogP contribution in [0, 0.1) is 5.92 Å². The maximum atomic E-state index is 11.8. The Hall–Kier alpha value is -2.78. The molecule has 0 unspecified atom stereocenters. The highest BCUT2D eigenvalue weighted by atomic mass is 16.7. The van der Waals surface area contributed by atoms with Crippen LogP contribution in [0.3, 0.4) is 0 Å². The van der Waals surface area contributed by atoms with Gasteiger partial charge in [0, 0.05) is 31.0 Å². The Balaban J connectivity index is 1.46. The molecule has 1 amide bonds. The summed E-state index contributed by atoms with van der Waals surface area (Å²) in [5.41, 5.74) is 3.77. The van der Waals surface area contributed by atoms with E-state index in [1.807, 2.05) is 48.5 Å². The van der Waals surface area contributed by atoms with Gasteiger partial charge in [0.2, 0.25) is 5.91 Å². The lowest BCUT2D eigenvalue weighted by molar-refractivity contribution is -0.276. The Morgan fingerprint density at radius 3 is 2.22 bits per heavy atom. The van der Waals surface area contributed by atoms with Gasteiger partial charge >= 0.3 is 5.97 Å². The Kier molecular flexibility index (Phi) is 9.68. The van der Waals surface area contributed by atoms with Crippen molar-refractivity contribution in [3.63, 3.8) is 0 Å². The average Bonchev–Trinajstić information content (AvgIpc) is 2.93. The highest BCUT2D eigenvalue weighted by Crippen LogP contribution is 2.42. The number of rotatable bonds is 10. The number of aliphatic hydroxyl groups excluding tert-OH is 1. The molecule has 8 nitrogen and oxygen atoms in total. The van der Waals surface area contributed by atoms with Gasteiger partial charge in [0.1, 0.15) is 0 Å². The zero-order valence-corrected chi connectivity index (χ0v) is 21.5. The number of carboxylic acid groups (broad SMARTS) is 1. The van der Waals surface area contributed by atoms with Crippen molar-refractivity contribution in [2.24, 2.45) is 5.92 Å². The Morgan fingerprint density at radius 1 is 0.919 bits per heavy atom. The Morgan fingerprint density at radius 2 is 1.57 bits per heavy atom. The molecule has 2 aliphatic rings. The summed E-state index contributed by atoms with van der Waals surface area (Å²) in [6.07, 6.45) is 2.86. The van der Waals surface area contributed by atoms with Gasteiger partial charge in [-0.15, -0.1) is 0 Å². The van der Waals surface area contributed by atoms with E-state index in [1.165, 1.54) is 19.3 Å². The molecule has 8 heteroatoms. The van der Waals surface area contributed by atoms with E-state index in [1.54, 1.807) is 0 Å².